The van der Waals surface area contributed by atoms with Crippen LogP contribution in [0.5, 0.6) is 11.5 Å². The molecule has 1 heterocycles. The molecule has 0 saturated carbocycles. The average Bonchev–Trinajstić information content (AvgIpc) is 2.98. The molecule has 0 aliphatic heterocycles. The number of ether oxygens (including phenoxy) is 2. The van der Waals surface area contributed by atoms with Crippen LogP contribution in [0.2, 0.25) is 0 Å². The number of thiophene rings is 1. The number of benzene rings is 1. The Balaban J connectivity index is 2.30. The van der Waals surface area contributed by atoms with Gasteiger partial charge in [0.15, 0.2) is 0 Å². The monoisotopic (exact) mass is 307 g/mol. The van der Waals surface area contributed by atoms with Gasteiger partial charge in [-0.05, 0) is 30.2 Å². The molecule has 0 spiro atoms. The lowest BCUT2D eigenvalue weighted by atomic mass is 9.91. The topological polar surface area (TPSA) is 64.7 Å². The van der Waals surface area contributed by atoms with Gasteiger partial charge >= 0.3 is 0 Å². The lowest BCUT2D eigenvalue weighted by molar-refractivity contribution is 0.151. The first kappa shape index (κ1) is 15.8. The summed E-state index contributed by atoms with van der Waals surface area (Å²) >= 11 is 1.47. The first-order valence-corrected chi connectivity index (χ1v) is 7.63. The van der Waals surface area contributed by atoms with E-state index in [9.17, 15) is 5.11 Å². The van der Waals surface area contributed by atoms with Gasteiger partial charge in [0.1, 0.15) is 11.5 Å². The number of aliphatic hydroxyl groups excluding tert-OH is 1. The van der Waals surface area contributed by atoms with Crippen LogP contribution < -0.4 is 15.2 Å². The zero-order chi connectivity index (χ0) is 15.4. The number of nitrogens with two attached hydrogens (primary N) is 1. The second-order valence-electron chi connectivity index (χ2n) is 4.90. The maximum Gasteiger partial charge on any atom is 0.129 e. The van der Waals surface area contributed by atoms with Crippen molar-refractivity contribution in [3.8, 4) is 11.5 Å². The fourth-order valence-electron chi connectivity index (χ4n) is 2.31. The van der Waals surface area contributed by atoms with Gasteiger partial charge in [-0.25, -0.2) is 0 Å². The molecule has 5 heteroatoms. The highest BCUT2D eigenvalue weighted by Crippen LogP contribution is 2.37. The molecule has 2 unspecified atom stereocenters. The van der Waals surface area contributed by atoms with Crippen LogP contribution in [0, 0.1) is 6.92 Å². The van der Waals surface area contributed by atoms with Crippen molar-refractivity contribution >= 4 is 11.3 Å². The van der Waals surface area contributed by atoms with Crippen LogP contribution in [-0.4, -0.2) is 25.9 Å². The molecule has 1 aromatic heterocycles. The van der Waals surface area contributed by atoms with Crippen LogP contribution in [0.1, 0.15) is 28.0 Å². The molecule has 0 aliphatic carbocycles. The van der Waals surface area contributed by atoms with E-state index in [4.69, 9.17) is 15.2 Å². The maximum atomic E-state index is 10.6. The summed E-state index contributed by atoms with van der Waals surface area (Å²) in [7, 11) is 3.26. The van der Waals surface area contributed by atoms with Crippen molar-refractivity contribution in [2.45, 2.75) is 18.9 Å². The second-order valence-corrected chi connectivity index (χ2v) is 5.85. The minimum absolute atomic E-state index is 0.178. The number of rotatable bonds is 6. The Hall–Kier alpha value is -1.56. The molecule has 0 amide bonds. The molecular formula is C16H21NO3S. The SMILES string of the molecule is COc1csc(C(O)C(CN)c2ccc(C)c(OC)c2)c1. The molecule has 4 nitrogen and oxygen atoms in total. The van der Waals surface area contributed by atoms with Crippen LogP contribution >= 0.6 is 11.3 Å². The first-order chi connectivity index (χ1) is 10.1. The highest BCUT2D eigenvalue weighted by Gasteiger charge is 2.24. The van der Waals surface area contributed by atoms with Crippen molar-refractivity contribution < 1.29 is 14.6 Å². The van der Waals surface area contributed by atoms with Crippen molar-refractivity contribution in [3.63, 3.8) is 0 Å². The number of methoxy groups -OCH3 is 2. The van der Waals surface area contributed by atoms with Gasteiger partial charge in [-0.1, -0.05) is 12.1 Å². The van der Waals surface area contributed by atoms with E-state index in [0.717, 1.165) is 27.5 Å². The lowest BCUT2D eigenvalue weighted by Gasteiger charge is -2.22. The average molecular weight is 307 g/mol. The molecular weight excluding hydrogens is 286 g/mol. The Morgan fingerprint density at radius 2 is 2.00 bits per heavy atom. The Labute approximate surface area is 129 Å². The Morgan fingerprint density at radius 3 is 2.57 bits per heavy atom. The zero-order valence-corrected chi connectivity index (χ0v) is 13.3. The lowest BCUT2D eigenvalue weighted by Crippen LogP contribution is -2.19. The van der Waals surface area contributed by atoms with Crippen molar-refractivity contribution in [2.24, 2.45) is 5.73 Å². The minimum atomic E-state index is -0.656. The normalized spacial score (nSPS) is 13.8. The van der Waals surface area contributed by atoms with Crippen LogP contribution in [-0.2, 0) is 0 Å². The molecule has 21 heavy (non-hydrogen) atoms. The van der Waals surface area contributed by atoms with E-state index in [1.54, 1.807) is 14.2 Å². The van der Waals surface area contributed by atoms with Gasteiger partial charge < -0.3 is 20.3 Å². The summed E-state index contributed by atoms with van der Waals surface area (Å²) in [5, 5.41) is 12.5. The molecule has 2 rings (SSSR count). The Bertz CT molecular complexity index is 597. The molecule has 2 atom stereocenters. The third-order valence-electron chi connectivity index (χ3n) is 3.62. The van der Waals surface area contributed by atoms with Gasteiger partial charge in [0.05, 0.1) is 20.3 Å². The molecule has 0 bridgehead atoms. The fourth-order valence-corrected chi connectivity index (χ4v) is 3.21. The van der Waals surface area contributed by atoms with Crippen molar-refractivity contribution in [3.05, 3.63) is 45.6 Å². The van der Waals surface area contributed by atoms with E-state index in [-0.39, 0.29) is 5.92 Å². The van der Waals surface area contributed by atoms with E-state index < -0.39 is 6.10 Å². The zero-order valence-electron chi connectivity index (χ0n) is 12.5. The summed E-state index contributed by atoms with van der Waals surface area (Å²) in [5.74, 6) is 1.39. The predicted octanol–water partition coefficient (Wildman–Crippen LogP) is 2.85. The highest BCUT2D eigenvalue weighted by atomic mass is 32.1. The number of hydrogen-bond donors (Lipinski definition) is 2. The summed E-state index contributed by atoms with van der Waals surface area (Å²) in [5.41, 5.74) is 7.92. The van der Waals surface area contributed by atoms with E-state index in [1.165, 1.54) is 11.3 Å². The smallest absolute Gasteiger partial charge is 0.129 e. The molecule has 0 aliphatic rings. The third kappa shape index (κ3) is 3.37. The van der Waals surface area contributed by atoms with Crippen molar-refractivity contribution in [2.75, 3.05) is 20.8 Å². The third-order valence-corrected chi connectivity index (χ3v) is 4.60. The van der Waals surface area contributed by atoms with Crippen LogP contribution in [0.25, 0.3) is 0 Å². The Morgan fingerprint density at radius 1 is 1.24 bits per heavy atom. The van der Waals surface area contributed by atoms with E-state index in [1.807, 2.05) is 36.6 Å². The van der Waals surface area contributed by atoms with Gasteiger partial charge in [-0.15, -0.1) is 11.3 Å². The van der Waals surface area contributed by atoms with E-state index >= 15 is 0 Å². The standard InChI is InChI=1S/C16H21NO3S/c1-10-4-5-11(6-14(10)20-3)13(8-17)16(18)15-7-12(19-2)9-21-15/h4-7,9,13,16,18H,8,17H2,1-3H3. The summed E-state index contributed by atoms with van der Waals surface area (Å²) in [4.78, 5) is 0.849. The molecule has 0 saturated heterocycles. The summed E-state index contributed by atoms with van der Waals surface area (Å²) in [6, 6.07) is 7.77. The summed E-state index contributed by atoms with van der Waals surface area (Å²) in [6.45, 7) is 2.34. The van der Waals surface area contributed by atoms with E-state index in [0.29, 0.717) is 6.54 Å². The van der Waals surface area contributed by atoms with Crippen LogP contribution in [0.15, 0.2) is 29.6 Å². The molecule has 1 aromatic carbocycles. The predicted molar refractivity (Wildman–Crippen MR) is 85.4 cm³/mol. The molecule has 114 valence electrons. The van der Waals surface area contributed by atoms with Crippen LogP contribution in [0.3, 0.4) is 0 Å². The van der Waals surface area contributed by atoms with Gasteiger partial charge in [-0.3, -0.25) is 0 Å². The second kappa shape index (κ2) is 6.93. The minimum Gasteiger partial charge on any atom is -0.496 e. The fraction of sp³-hybridized carbons (Fsp3) is 0.375. The van der Waals surface area contributed by atoms with Gasteiger partial charge in [0.25, 0.3) is 0 Å². The van der Waals surface area contributed by atoms with Crippen molar-refractivity contribution in [1.82, 2.24) is 0 Å². The largest absolute Gasteiger partial charge is 0.496 e. The molecule has 0 fully saturated rings. The van der Waals surface area contributed by atoms with E-state index in [2.05, 4.69) is 0 Å². The molecule has 2 aromatic rings. The summed E-state index contributed by atoms with van der Waals surface area (Å²) in [6.07, 6.45) is -0.656. The summed E-state index contributed by atoms with van der Waals surface area (Å²) < 4.78 is 10.5. The number of hydrogen-bond acceptors (Lipinski definition) is 5. The number of aliphatic hydroxyl groups is 1. The quantitative estimate of drug-likeness (QED) is 0.861. The first-order valence-electron chi connectivity index (χ1n) is 6.75. The number of aryl methyl sites for hydroxylation is 1. The molecule has 3 N–H and O–H groups in total. The highest BCUT2D eigenvalue weighted by molar-refractivity contribution is 7.10. The molecule has 0 radical (unpaired) electrons. The van der Waals surface area contributed by atoms with Crippen LogP contribution in [0.4, 0.5) is 0 Å². The van der Waals surface area contributed by atoms with Gasteiger partial charge in [0.2, 0.25) is 0 Å². The maximum absolute atomic E-state index is 10.6. The van der Waals surface area contributed by atoms with Gasteiger partial charge in [0, 0.05) is 22.7 Å². The van der Waals surface area contributed by atoms with Crippen molar-refractivity contribution in [1.29, 1.82) is 0 Å². The Kier molecular flexibility index (Phi) is 5.22. The van der Waals surface area contributed by atoms with Gasteiger partial charge in [-0.2, -0.15) is 0 Å².